The summed E-state index contributed by atoms with van der Waals surface area (Å²) >= 11 is 0. The standard InChI is InChI=1S/C24H28N4O2/c1-24(2,3)20-19-14-16-15-27(17-10-6-4-7-11-17)23(29)30-22(16)25-21(19)28(26-20)18-12-8-5-9-13-18/h5,8-9,12-14,17H,4,6-7,10-11,15H2,1-3H3. The Bertz CT molecular complexity index is 1090. The van der Waals surface area contributed by atoms with E-state index in [1.165, 1.54) is 19.3 Å². The third kappa shape index (κ3) is 3.24. The van der Waals surface area contributed by atoms with Crippen LogP contribution in [0.5, 0.6) is 5.88 Å². The molecule has 1 saturated carbocycles. The Balaban J connectivity index is 1.63. The van der Waals surface area contributed by atoms with Crippen LogP contribution in [0.15, 0.2) is 36.4 Å². The summed E-state index contributed by atoms with van der Waals surface area (Å²) in [6, 6.07) is 12.4. The lowest BCUT2D eigenvalue weighted by Crippen LogP contribution is -2.45. The zero-order chi connectivity index (χ0) is 20.9. The van der Waals surface area contributed by atoms with Gasteiger partial charge in [-0.05, 0) is 31.0 Å². The zero-order valence-electron chi connectivity index (χ0n) is 17.9. The van der Waals surface area contributed by atoms with Gasteiger partial charge in [0.15, 0.2) is 5.65 Å². The van der Waals surface area contributed by atoms with E-state index in [9.17, 15) is 4.79 Å². The Morgan fingerprint density at radius 2 is 1.80 bits per heavy atom. The minimum Gasteiger partial charge on any atom is -0.391 e. The summed E-state index contributed by atoms with van der Waals surface area (Å²) in [6.07, 6.45) is 5.44. The summed E-state index contributed by atoms with van der Waals surface area (Å²) in [6.45, 7) is 7.05. The maximum atomic E-state index is 12.8. The molecular formula is C24H28N4O2. The molecule has 0 unspecified atom stereocenters. The number of hydrogen-bond acceptors (Lipinski definition) is 4. The number of amides is 1. The zero-order valence-corrected chi connectivity index (χ0v) is 17.9. The number of benzene rings is 1. The first-order valence-corrected chi connectivity index (χ1v) is 10.9. The molecule has 30 heavy (non-hydrogen) atoms. The van der Waals surface area contributed by atoms with Gasteiger partial charge in [0, 0.05) is 22.4 Å². The molecule has 0 spiro atoms. The molecule has 1 aliphatic carbocycles. The molecule has 156 valence electrons. The number of nitrogens with zero attached hydrogens (tertiary/aromatic N) is 4. The Hall–Kier alpha value is -2.89. The Kier molecular flexibility index (Phi) is 4.53. The SMILES string of the molecule is CC(C)(C)c1nn(-c2ccccc2)c2nc3c(cc12)CN(C1CCCCC1)C(=O)O3. The molecule has 0 N–H and O–H groups in total. The number of hydrogen-bond donors (Lipinski definition) is 0. The predicted molar refractivity (Wildman–Crippen MR) is 116 cm³/mol. The van der Waals surface area contributed by atoms with Crippen LogP contribution in [0.25, 0.3) is 16.7 Å². The molecule has 1 aliphatic heterocycles. The van der Waals surface area contributed by atoms with Crippen LogP contribution in [0.2, 0.25) is 0 Å². The number of pyridine rings is 1. The maximum absolute atomic E-state index is 12.8. The van der Waals surface area contributed by atoms with Crippen molar-refractivity contribution in [2.24, 2.45) is 0 Å². The summed E-state index contributed by atoms with van der Waals surface area (Å²) in [5.74, 6) is 0.414. The van der Waals surface area contributed by atoms with Crippen LogP contribution in [0.3, 0.4) is 0 Å². The molecule has 1 fully saturated rings. The van der Waals surface area contributed by atoms with E-state index in [4.69, 9.17) is 14.8 Å². The van der Waals surface area contributed by atoms with Gasteiger partial charge in [-0.15, -0.1) is 0 Å². The van der Waals surface area contributed by atoms with Crippen molar-refractivity contribution in [1.82, 2.24) is 19.7 Å². The van der Waals surface area contributed by atoms with Crippen molar-refractivity contribution in [3.05, 3.63) is 47.7 Å². The Labute approximate surface area is 176 Å². The average Bonchev–Trinajstić information content (AvgIpc) is 3.12. The Morgan fingerprint density at radius 1 is 1.07 bits per heavy atom. The largest absolute Gasteiger partial charge is 0.417 e. The van der Waals surface area contributed by atoms with Crippen LogP contribution in [0.1, 0.15) is 64.1 Å². The summed E-state index contributed by atoms with van der Waals surface area (Å²) < 4.78 is 7.58. The summed E-state index contributed by atoms with van der Waals surface area (Å²) in [5, 5.41) is 5.95. The molecule has 2 aromatic heterocycles. The fourth-order valence-corrected chi connectivity index (χ4v) is 4.63. The lowest BCUT2D eigenvalue weighted by Gasteiger charge is -2.36. The van der Waals surface area contributed by atoms with Gasteiger partial charge in [0.1, 0.15) is 0 Å². The van der Waals surface area contributed by atoms with E-state index in [1.807, 2.05) is 39.9 Å². The quantitative estimate of drug-likeness (QED) is 0.576. The van der Waals surface area contributed by atoms with Crippen molar-refractivity contribution in [3.63, 3.8) is 0 Å². The van der Waals surface area contributed by atoms with Crippen molar-refractivity contribution in [3.8, 4) is 11.6 Å². The predicted octanol–water partition coefficient (Wildman–Crippen LogP) is 5.37. The third-order valence-electron chi connectivity index (χ3n) is 6.18. The topological polar surface area (TPSA) is 60.2 Å². The molecule has 1 aromatic carbocycles. The number of carbonyl (C=O) groups excluding carboxylic acids is 1. The Morgan fingerprint density at radius 3 is 2.50 bits per heavy atom. The molecule has 0 atom stereocenters. The highest BCUT2D eigenvalue weighted by Crippen LogP contribution is 2.36. The molecule has 0 radical (unpaired) electrons. The van der Waals surface area contributed by atoms with Gasteiger partial charge < -0.3 is 9.64 Å². The van der Waals surface area contributed by atoms with Gasteiger partial charge in [-0.25, -0.2) is 9.48 Å². The van der Waals surface area contributed by atoms with Crippen LogP contribution in [0, 0.1) is 0 Å². The molecular weight excluding hydrogens is 376 g/mol. The first-order valence-electron chi connectivity index (χ1n) is 10.9. The van der Waals surface area contributed by atoms with Gasteiger partial charge in [0.2, 0.25) is 5.88 Å². The van der Waals surface area contributed by atoms with Crippen molar-refractivity contribution in [2.75, 3.05) is 0 Å². The van der Waals surface area contributed by atoms with Crippen molar-refractivity contribution in [1.29, 1.82) is 0 Å². The van der Waals surface area contributed by atoms with Gasteiger partial charge in [0.05, 0.1) is 17.9 Å². The highest BCUT2D eigenvalue weighted by Gasteiger charge is 2.34. The second-order valence-corrected chi connectivity index (χ2v) is 9.46. The number of carbonyl (C=O) groups is 1. The van der Waals surface area contributed by atoms with Crippen LogP contribution >= 0.6 is 0 Å². The van der Waals surface area contributed by atoms with E-state index < -0.39 is 0 Å². The molecule has 6 nitrogen and oxygen atoms in total. The van der Waals surface area contributed by atoms with Crippen molar-refractivity contribution in [2.45, 2.75) is 70.9 Å². The highest BCUT2D eigenvalue weighted by molar-refractivity contribution is 5.84. The van der Waals surface area contributed by atoms with Gasteiger partial charge in [-0.3, -0.25) is 0 Å². The first kappa shape index (κ1) is 19.1. The van der Waals surface area contributed by atoms with E-state index in [1.54, 1.807) is 0 Å². The lowest BCUT2D eigenvalue weighted by atomic mass is 9.90. The second-order valence-electron chi connectivity index (χ2n) is 9.46. The first-order chi connectivity index (χ1) is 14.4. The number of ether oxygens (including phenoxy) is 1. The van der Waals surface area contributed by atoms with Crippen LogP contribution in [-0.2, 0) is 12.0 Å². The summed E-state index contributed by atoms with van der Waals surface area (Å²) in [5.41, 5.74) is 3.49. The average molecular weight is 405 g/mol. The smallest absolute Gasteiger partial charge is 0.391 e. The summed E-state index contributed by atoms with van der Waals surface area (Å²) in [7, 11) is 0. The molecule has 6 heteroatoms. The molecule has 3 aromatic rings. The van der Waals surface area contributed by atoms with Gasteiger partial charge in [0.25, 0.3) is 0 Å². The van der Waals surface area contributed by atoms with Crippen molar-refractivity contribution < 1.29 is 9.53 Å². The molecule has 3 heterocycles. The normalized spacial score (nSPS) is 17.8. The molecule has 0 bridgehead atoms. The van der Waals surface area contributed by atoms with Crippen LogP contribution in [-0.4, -0.2) is 31.8 Å². The third-order valence-corrected chi connectivity index (χ3v) is 6.18. The molecule has 0 saturated heterocycles. The lowest BCUT2D eigenvalue weighted by molar-refractivity contribution is 0.0998. The van der Waals surface area contributed by atoms with E-state index in [0.717, 1.165) is 40.8 Å². The highest BCUT2D eigenvalue weighted by atomic mass is 16.6. The minimum absolute atomic E-state index is 0.136. The number of fused-ring (bicyclic) bond motifs is 2. The van der Waals surface area contributed by atoms with Crippen molar-refractivity contribution >= 4 is 17.1 Å². The molecule has 2 aliphatic rings. The van der Waals surface area contributed by atoms with E-state index >= 15 is 0 Å². The number of rotatable bonds is 2. The fourth-order valence-electron chi connectivity index (χ4n) is 4.63. The fraction of sp³-hybridized carbons (Fsp3) is 0.458. The van der Waals surface area contributed by atoms with Gasteiger partial charge >= 0.3 is 6.09 Å². The van der Waals surface area contributed by atoms with E-state index in [0.29, 0.717) is 12.4 Å². The summed E-state index contributed by atoms with van der Waals surface area (Å²) in [4.78, 5) is 19.4. The van der Waals surface area contributed by atoms with Crippen LogP contribution < -0.4 is 4.74 Å². The van der Waals surface area contributed by atoms with E-state index in [2.05, 4.69) is 26.8 Å². The molecule has 1 amide bonds. The van der Waals surface area contributed by atoms with Gasteiger partial charge in [-0.2, -0.15) is 10.1 Å². The van der Waals surface area contributed by atoms with Gasteiger partial charge in [-0.1, -0.05) is 58.2 Å². The molecule has 5 rings (SSSR count). The number of para-hydroxylation sites is 1. The number of aromatic nitrogens is 3. The van der Waals surface area contributed by atoms with E-state index in [-0.39, 0.29) is 17.6 Å². The second kappa shape index (κ2) is 7.11. The minimum atomic E-state index is -0.275. The maximum Gasteiger partial charge on any atom is 0.417 e. The monoisotopic (exact) mass is 404 g/mol. The van der Waals surface area contributed by atoms with Crippen LogP contribution in [0.4, 0.5) is 4.79 Å².